The Hall–Kier alpha value is -0.590. The number of rotatable bonds is 5. The van der Waals surface area contributed by atoms with Crippen molar-refractivity contribution in [2.24, 2.45) is 0 Å². The predicted molar refractivity (Wildman–Crippen MR) is 76.3 cm³/mol. The maximum Gasteiger partial charge on any atom is 0.182 e. The van der Waals surface area contributed by atoms with E-state index in [9.17, 15) is 8.42 Å². The predicted octanol–water partition coefficient (Wildman–Crippen LogP) is 2.80. The van der Waals surface area contributed by atoms with Crippen LogP contribution in [-0.2, 0) is 14.6 Å². The highest BCUT2D eigenvalue weighted by molar-refractivity contribution is 9.10. The molecule has 1 saturated heterocycles. The average molecular weight is 349 g/mol. The molecule has 0 saturated carbocycles. The molecule has 19 heavy (non-hydrogen) atoms. The molecule has 1 heterocycles. The Labute approximate surface area is 122 Å². The van der Waals surface area contributed by atoms with Crippen LogP contribution in [0.2, 0.25) is 0 Å². The number of hydrogen-bond donors (Lipinski definition) is 0. The molecule has 4 nitrogen and oxygen atoms in total. The summed E-state index contributed by atoms with van der Waals surface area (Å²) in [6, 6.07) is 5.00. The summed E-state index contributed by atoms with van der Waals surface area (Å²) in [6.45, 7) is 0.741. The lowest BCUT2D eigenvalue weighted by molar-refractivity contribution is 0.109. The van der Waals surface area contributed by atoms with Gasteiger partial charge in [-0.2, -0.15) is 0 Å². The van der Waals surface area contributed by atoms with Gasteiger partial charge < -0.3 is 9.47 Å². The molecule has 1 unspecified atom stereocenters. The highest BCUT2D eigenvalue weighted by Gasteiger charge is 2.23. The van der Waals surface area contributed by atoms with Crippen LogP contribution in [0.4, 0.5) is 0 Å². The molecule has 0 spiro atoms. The molecule has 1 aliphatic rings. The van der Waals surface area contributed by atoms with Crippen molar-refractivity contribution in [1.29, 1.82) is 0 Å². The summed E-state index contributed by atoms with van der Waals surface area (Å²) in [4.78, 5) is 0.238. The molecule has 0 amide bonds. The number of ether oxygens (including phenoxy) is 2. The molecule has 0 bridgehead atoms. The van der Waals surface area contributed by atoms with Gasteiger partial charge in [0.2, 0.25) is 0 Å². The zero-order valence-corrected chi connectivity index (χ0v) is 13.2. The van der Waals surface area contributed by atoms with Gasteiger partial charge in [-0.05, 0) is 37.5 Å². The third-order valence-electron chi connectivity index (χ3n) is 3.19. The topological polar surface area (TPSA) is 52.6 Å². The lowest BCUT2D eigenvalue weighted by Gasteiger charge is -2.12. The van der Waals surface area contributed by atoms with Crippen LogP contribution in [0.25, 0.3) is 0 Å². The van der Waals surface area contributed by atoms with E-state index >= 15 is 0 Å². The van der Waals surface area contributed by atoms with E-state index in [0.29, 0.717) is 12.2 Å². The Morgan fingerprint density at radius 1 is 1.47 bits per heavy atom. The molecule has 2 rings (SSSR count). The van der Waals surface area contributed by atoms with E-state index in [4.69, 9.17) is 9.47 Å². The van der Waals surface area contributed by atoms with E-state index in [1.165, 1.54) is 7.11 Å². The van der Waals surface area contributed by atoms with Gasteiger partial charge in [0.05, 0.1) is 19.0 Å². The molecule has 1 fully saturated rings. The van der Waals surface area contributed by atoms with Crippen molar-refractivity contribution in [3.05, 3.63) is 22.7 Å². The molecular weight excluding hydrogens is 332 g/mol. The van der Waals surface area contributed by atoms with Crippen LogP contribution in [0.15, 0.2) is 27.6 Å². The normalized spacial score (nSPS) is 19.6. The number of benzene rings is 1. The van der Waals surface area contributed by atoms with Gasteiger partial charge in [-0.15, -0.1) is 0 Å². The Bertz CT molecular complexity index is 536. The SMILES string of the molecule is COc1ccc(Br)cc1S(=O)(=O)CCC1CCCO1. The van der Waals surface area contributed by atoms with Gasteiger partial charge in [-0.3, -0.25) is 0 Å². The van der Waals surface area contributed by atoms with Crippen molar-refractivity contribution in [2.75, 3.05) is 19.5 Å². The lowest BCUT2D eigenvalue weighted by Crippen LogP contribution is -2.15. The van der Waals surface area contributed by atoms with Crippen LogP contribution < -0.4 is 4.74 Å². The smallest absolute Gasteiger partial charge is 0.182 e. The first-order valence-corrected chi connectivity index (χ1v) is 8.65. The van der Waals surface area contributed by atoms with Crippen molar-refractivity contribution < 1.29 is 17.9 Å². The van der Waals surface area contributed by atoms with Crippen molar-refractivity contribution >= 4 is 25.8 Å². The van der Waals surface area contributed by atoms with E-state index in [1.807, 2.05) is 0 Å². The van der Waals surface area contributed by atoms with Gasteiger partial charge in [0.1, 0.15) is 10.6 Å². The van der Waals surface area contributed by atoms with Crippen LogP contribution in [0.5, 0.6) is 5.75 Å². The molecule has 106 valence electrons. The third kappa shape index (κ3) is 3.70. The highest BCUT2D eigenvalue weighted by atomic mass is 79.9. The van der Waals surface area contributed by atoms with E-state index in [2.05, 4.69) is 15.9 Å². The van der Waals surface area contributed by atoms with Crippen molar-refractivity contribution in [1.82, 2.24) is 0 Å². The molecule has 1 aromatic carbocycles. The van der Waals surface area contributed by atoms with Gasteiger partial charge in [0.25, 0.3) is 0 Å². The van der Waals surface area contributed by atoms with E-state index in [0.717, 1.165) is 23.9 Å². The number of methoxy groups -OCH3 is 1. The summed E-state index contributed by atoms with van der Waals surface area (Å²) in [5, 5.41) is 0. The first-order valence-electron chi connectivity index (χ1n) is 6.21. The summed E-state index contributed by atoms with van der Waals surface area (Å²) >= 11 is 3.29. The Morgan fingerprint density at radius 2 is 2.26 bits per heavy atom. The second kappa shape index (κ2) is 6.24. The standard InChI is InChI=1S/C13H17BrO4S/c1-17-12-5-4-10(14)9-13(12)19(15,16)8-6-11-3-2-7-18-11/h4-5,9,11H,2-3,6-8H2,1H3. The molecule has 0 aromatic heterocycles. The Balaban J connectivity index is 2.16. The highest BCUT2D eigenvalue weighted by Crippen LogP contribution is 2.29. The summed E-state index contributed by atoms with van der Waals surface area (Å²) in [6.07, 6.45) is 2.58. The van der Waals surface area contributed by atoms with E-state index in [1.54, 1.807) is 18.2 Å². The first-order chi connectivity index (χ1) is 9.03. The number of sulfone groups is 1. The minimum absolute atomic E-state index is 0.0768. The number of halogens is 1. The fourth-order valence-corrected chi connectivity index (χ4v) is 4.23. The number of hydrogen-bond acceptors (Lipinski definition) is 4. The van der Waals surface area contributed by atoms with E-state index < -0.39 is 9.84 Å². The lowest BCUT2D eigenvalue weighted by atomic mass is 10.2. The summed E-state index contributed by atoms with van der Waals surface area (Å²) in [5.41, 5.74) is 0. The second-order valence-electron chi connectivity index (χ2n) is 4.54. The van der Waals surface area contributed by atoms with Crippen molar-refractivity contribution in [3.63, 3.8) is 0 Å². The van der Waals surface area contributed by atoms with Crippen LogP contribution >= 0.6 is 15.9 Å². The van der Waals surface area contributed by atoms with Crippen molar-refractivity contribution in [2.45, 2.75) is 30.3 Å². The van der Waals surface area contributed by atoms with Gasteiger partial charge in [-0.1, -0.05) is 15.9 Å². The van der Waals surface area contributed by atoms with Gasteiger partial charge in [-0.25, -0.2) is 8.42 Å². The molecule has 6 heteroatoms. The Kier molecular flexibility index (Phi) is 4.86. The molecule has 0 aliphatic carbocycles. The molecule has 0 N–H and O–H groups in total. The first kappa shape index (κ1) is 14.8. The maximum atomic E-state index is 12.4. The molecule has 1 aromatic rings. The van der Waals surface area contributed by atoms with Crippen LogP contribution in [0.1, 0.15) is 19.3 Å². The average Bonchev–Trinajstić information content (AvgIpc) is 2.89. The third-order valence-corrected chi connectivity index (χ3v) is 5.45. The largest absolute Gasteiger partial charge is 0.495 e. The van der Waals surface area contributed by atoms with Crippen LogP contribution in [0.3, 0.4) is 0 Å². The van der Waals surface area contributed by atoms with Crippen LogP contribution in [-0.4, -0.2) is 34.0 Å². The minimum atomic E-state index is -3.35. The molecule has 0 radical (unpaired) electrons. The quantitative estimate of drug-likeness (QED) is 0.820. The second-order valence-corrected chi connectivity index (χ2v) is 7.53. The fourth-order valence-electron chi connectivity index (χ4n) is 2.16. The van der Waals surface area contributed by atoms with Crippen molar-refractivity contribution in [3.8, 4) is 5.75 Å². The summed E-state index contributed by atoms with van der Waals surface area (Å²) < 4.78 is 36.0. The minimum Gasteiger partial charge on any atom is -0.495 e. The molecule has 1 atom stereocenters. The molecular formula is C13H17BrO4S. The molecule has 1 aliphatic heterocycles. The maximum absolute atomic E-state index is 12.4. The fraction of sp³-hybridized carbons (Fsp3) is 0.538. The summed E-state index contributed by atoms with van der Waals surface area (Å²) in [7, 11) is -1.87. The monoisotopic (exact) mass is 348 g/mol. The zero-order chi connectivity index (χ0) is 13.9. The van der Waals surface area contributed by atoms with Gasteiger partial charge >= 0.3 is 0 Å². The van der Waals surface area contributed by atoms with Gasteiger partial charge in [0.15, 0.2) is 9.84 Å². The van der Waals surface area contributed by atoms with Gasteiger partial charge in [0, 0.05) is 11.1 Å². The Morgan fingerprint density at radius 3 is 2.89 bits per heavy atom. The summed E-state index contributed by atoms with van der Waals surface area (Å²) in [5.74, 6) is 0.473. The van der Waals surface area contributed by atoms with Crippen LogP contribution in [0, 0.1) is 0 Å². The zero-order valence-electron chi connectivity index (χ0n) is 10.8. The van der Waals surface area contributed by atoms with E-state index in [-0.39, 0.29) is 16.8 Å².